The van der Waals surface area contributed by atoms with E-state index in [2.05, 4.69) is 6.58 Å². The van der Waals surface area contributed by atoms with E-state index in [1.165, 1.54) is 6.08 Å². The standard InChI is InChI=1S/C24H23NO7/c1-2-12-29-24-18(25-21(27)15-10-6-7-11-16(15)22(25)28)19(26)20-17(31-24)13-30-23(32-20)14-8-4-3-5-9-14/h2-11,17-20,23-24,26H,1,12-13H2/t17-,18-,19-,20-,23?,24-/m1/s1. The number of ether oxygens (including phenoxy) is 4. The molecule has 1 unspecified atom stereocenters. The molecule has 0 aliphatic carbocycles. The Morgan fingerprint density at radius 1 is 1.03 bits per heavy atom. The molecule has 8 nitrogen and oxygen atoms in total. The number of fused-ring (bicyclic) bond motifs is 2. The number of carbonyl (C=O) groups excluding carboxylic acids is 2. The molecule has 0 spiro atoms. The number of amides is 2. The summed E-state index contributed by atoms with van der Waals surface area (Å²) in [4.78, 5) is 27.3. The molecule has 3 aliphatic rings. The van der Waals surface area contributed by atoms with Crippen LogP contribution in [-0.2, 0) is 18.9 Å². The van der Waals surface area contributed by atoms with Gasteiger partial charge in [0.15, 0.2) is 12.6 Å². The Morgan fingerprint density at radius 3 is 2.34 bits per heavy atom. The first-order valence-corrected chi connectivity index (χ1v) is 10.4. The summed E-state index contributed by atoms with van der Waals surface area (Å²) in [5, 5.41) is 11.4. The van der Waals surface area contributed by atoms with Crippen LogP contribution in [0, 0.1) is 0 Å². The predicted molar refractivity (Wildman–Crippen MR) is 112 cm³/mol. The number of nitrogens with zero attached hydrogens (tertiary/aromatic N) is 1. The molecular weight excluding hydrogens is 414 g/mol. The topological polar surface area (TPSA) is 94.5 Å². The normalized spacial score (nSPS) is 31.8. The maximum Gasteiger partial charge on any atom is 0.262 e. The average molecular weight is 437 g/mol. The summed E-state index contributed by atoms with van der Waals surface area (Å²) in [5.41, 5.74) is 1.36. The lowest BCUT2D eigenvalue weighted by Gasteiger charge is -2.49. The number of imide groups is 1. The highest BCUT2D eigenvalue weighted by Crippen LogP contribution is 2.38. The Bertz CT molecular complexity index is 991. The molecule has 8 heteroatoms. The lowest BCUT2D eigenvalue weighted by Crippen LogP contribution is -2.67. The fraction of sp³-hybridized carbons (Fsp3) is 0.333. The largest absolute Gasteiger partial charge is 0.388 e. The van der Waals surface area contributed by atoms with E-state index in [4.69, 9.17) is 18.9 Å². The number of benzene rings is 2. The van der Waals surface area contributed by atoms with Crippen molar-refractivity contribution in [3.8, 4) is 0 Å². The van der Waals surface area contributed by atoms with Gasteiger partial charge in [-0.25, -0.2) is 0 Å². The van der Waals surface area contributed by atoms with Crippen LogP contribution in [0.5, 0.6) is 0 Å². The Morgan fingerprint density at radius 2 is 1.69 bits per heavy atom. The fourth-order valence-corrected chi connectivity index (χ4v) is 4.41. The van der Waals surface area contributed by atoms with Crippen molar-refractivity contribution in [1.29, 1.82) is 0 Å². The zero-order chi connectivity index (χ0) is 22.2. The summed E-state index contributed by atoms with van der Waals surface area (Å²) in [6, 6.07) is 14.8. The van der Waals surface area contributed by atoms with Crippen LogP contribution in [0.15, 0.2) is 67.3 Å². The van der Waals surface area contributed by atoms with Gasteiger partial charge in [-0.2, -0.15) is 0 Å². The Kier molecular flexibility index (Phi) is 5.62. The first-order valence-electron chi connectivity index (χ1n) is 10.4. The summed E-state index contributed by atoms with van der Waals surface area (Å²) in [7, 11) is 0. The van der Waals surface area contributed by atoms with Crippen molar-refractivity contribution in [2.24, 2.45) is 0 Å². The van der Waals surface area contributed by atoms with Crippen LogP contribution >= 0.6 is 0 Å². The zero-order valence-electron chi connectivity index (χ0n) is 17.2. The van der Waals surface area contributed by atoms with Gasteiger partial charge in [0.1, 0.15) is 24.4 Å². The Balaban J connectivity index is 1.46. The Hall–Kier alpha value is -2.88. The quantitative estimate of drug-likeness (QED) is 0.565. The molecule has 2 fully saturated rings. The molecule has 0 saturated carbocycles. The smallest absolute Gasteiger partial charge is 0.262 e. The van der Waals surface area contributed by atoms with Gasteiger partial charge in [0.05, 0.1) is 24.3 Å². The second-order valence-electron chi connectivity index (χ2n) is 7.85. The first kappa shape index (κ1) is 21.0. The highest BCUT2D eigenvalue weighted by Gasteiger charge is 2.55. The molecule has 166 valence electrons. The maximum absolute atomic E-state index is 13.1. The third kappa shape index (κ3) is 3.46. The SMILES string of the molecule is C=CCO[C@@H]1O[C@@H]2COC(c3ccccc3)O[C@H]2[C@H](O)[C@H]1N1C(=O)c2ccccc2C1=O. The third-order valence-electron chi connectivity index (χ3n) is 5.91. The molecule has 2 aromatic carbocycles. The van der Waals surface area contributed by atoms with E-state index in [0.717, 1.165) is 10.5 Å². The van der Waals surface area contributed by atoms with Crippen molar-refractivity contribution in [3.05, 3.63) is 83.9 Å². The monoisotopic (exact) mass is 437 g/mol. The van der Waals surface area contributed by atoms with Crippen LogP contribution in [0.4, 0.5) is 0 Å². The molecule has 2 saturated heterocycles. The highest BCUT2D eigenvalue weighted by molar-refractivity contribution is 6.21. The minimum atomic E-state index is -1.25. The number of rotatable bonds is 5. The van der Waals surface area contributed by atoms with E-state index in [1.54, 1.807) is 24.3 Å². The molecule has 6 atom stereocenters. The molecule has 32 heavy (non-hydrogen) atoms. The summed E-state index contributed by atoms with van der Waals surface area (Å²) >= 11 is 0. The number of hydrogen-bond acceptors (Lipinski definition) is 7. The van der Waals surface area contributed by atoms with E-state index < -0.39 is 48.7 Å². The molecular formula is C24H23NO7. The summed E-state index contributed by atoms with van der Waals surface area (Å²) in [6.07, 6.45) is -2.95. The van der Waals surface area contributed by atoms with Gasteiger partial charge >= 0.3 is 0 Å². The first-order chi connectivity index (χ1) is 15.6. The zero-order valence-corrected chi connectivity index (χ0v) is 17.2. The van der Waals surface area contributed by atoms with Crippen LogP contribution < -0.4 is 0 Å². The van der Waals surface area contributed by atoms with Crippen LogP contribution in [0.25, 0.3) is 0 Å². The van der Waals surface area contributed by atoms with Crippen LogP contribution in [-0.4, -0.2) is 65.7 Å². The van der Waals surface area contributed by atoms with Crippen LogP contribution in [0.2, 0.25) is 0 Å². The fourth-order valence-electron chi connectivity index (χ4n) is 4.41. The third-order valence-corrected chi connectivity index (χ3v) is 5.91. The molecule has 2 amide bonds. The highest BCUT2D eigenvalue weighted by atomic mass is 16.7. The van der Waals surface area contributed by atoms with Gasteiger partial charge in [-0.15, -0.1) is 6.58 Å². The minimum absolute atomic E-state index is 0.114. The van der Waals surface area contributed by atoms with E-state index in [1.807, 2.05) is 30.3 Å². The van der Waals surface area contributed by atoms with Crippen molar-refractivity contribution < 1.29 is 33.6 Å². The van der Waals surface area contributed by atoms with Gasteiger partial charge in [0.25, 0.3) is 11.8 Å². The summed E-state index contributed by atoms with van der Waals surface area (Å²) < 4.78 is 23.6. The molecule has 3 aliphatic heterocycles. The van der Waals surface area contributed by atoms with Gasteiger partial charge in [-0.1, -0.05) is 48.5 Å². The van der Waals surface area contributed by atoms with Gasteiger partial charge < -0.3 is 24.1 Å². The van der Waals surface area contributed by atoms with Crippen LogP contribution in [0.3, 0.4) is 0 Å². The Labute approximate surface area is 184 Å². The van der Waals surface area contributed by atoms with Gasteiger partial charge in [-0.3, -0.25) is 14.5 Å². The maximum atomic E-state index is 13.1. The average Bonchev–Trinajstić information content (AvgIpc) is 3.08. The van der Waals surface area contributed by atoms with E-state index in [9.17, 15) is 14.7 Å². The predicted octanol–water partition coefficient (Wildman–Crippen LogP) is 2.05. The molecule has 0 bridgehead atoms. The summed E-state index contributed by atoms with van der Waals surface area (Å²) in [6.45, 7) is 3.90. The molecule has 0 radical (unpaired) electrons. The van der Waals surface area contributed by atoms with Crippen LogP contribution in [0.1, 0.15) is 32.6 Å². The molecule has 5 rings (SSSR count). The van der Waals surface area contributed by atoms with E-state index in [-0.39, 0.29) is 24.3 Å². The van der Waals surface area contributed by atoms with Gasteiger partial charge in [0, 0.05) is 5.56 Å². The lowest BCUT2D eigenvalue weighted by atomic mass is 9.94. The number of carbonyl (C=O) groups is 2. The van der Waals surface area contributed by atoms with Crippen molar-refractivity contribution in [2.75, 3.05) is 13.2 Å². The van der Waals surface area contributed by atoms with Crippen molar-refractivity contribution in [2.45, 2.75) is 36.9 Å². The number of aliphatic hydroxyl groups is 1. The summed E-state index contributed by atoms with van der Waals surface area (Å²) in [5.74, 6) is -1.01. The molecule has 3 heterocycles. The van der Waals surface area contributed by atoms with Gasteiger partial charge in [-0.05, 0) is 12.1 Å². The molecule has 2 aromatic rings. The second-order valence-corrected chi connectivity index (χ2v) is 7.85. The lowest BCUT2D eigenvalue weighted by molar-refractivity contribution is -0.347. The van der Waals surface area contributed by atoms with Gasteiger partial charge in [0.2, 0.25) is 0 Å². The molecule has 0 aromatic heterocycles. The number of aliphatic hydroxyl groups excluding tert-OH is 1. The minimum Gasteiger partial charge on any atom is -0.388 e. The van der Waals surface area contributed by atoms with Crippen molar-refractivity contribution in [1.82, 2.24) is 4.90 Å². The number of hydrogen-bond donors (Lipinski definition) is 1. The molecule has 1 N–H and O–H groups in total. The van der Waals surface area contributed by atoms with Crippen molar-refractivity contribution >= 4 is 11.8 Å². The van der Waals surface area contributed by atoms with E-state index >= 15 is 0 Å². The van der Waals surface area contributed by atoms with Crippen molar-refractivity contribution in [3.63, 3.8) is 0 Å². The second kappa shape index (κ2) is 8.57. The van der Waals surface area contributed by atoms with E-state index in [0.29, 0.717) is 0 Å².